The van der Waals surface area contributed by atoms with Crippen LogP contribution in [0.4, 0.5) is 13.2 Å². The van der Waals surface area contributed by atoms with Crippen LogP contribution in [0.15, 0.2) is 34.9 Å². The van der Waals surface area contributed by atoms with E-state index in [1.165, 1.54) is 16.8 Å². The van der Waals surface area contributed by atoms with Crippen LogP contribution in [0.1, 0.15) is 27.4 Å². The number of aryl methyl sites for hydroxylation is 2. The number of hydrazine groups is 1. The number of rotatable bonds is 4. The molecule has 0 atom stereocenters. The first-order valence-electron chi connectivity index (χ1n) is 9.58. The average molecular weight is 435 g/mol. The molecule has 164 valence electrons. The van der Waals surface area contributed by atoms with Crippen LogP contribution in [-0.4, -0.2) is 52.2 Å². The molecule has 1 fully saturated rings. The molecule has 1 N–H and O–H groups in total. The van der Waals surface area contributed by atoms with Crippen molar-refractivity contribution in [1.29, 1.82) is 0 Å². The van der Waals surface area contributed by atoms with Gasteiger partial charge >= 0.3 is 6.18 Å². The molecular weight excluding hydrogens is 415 g/mol. The molecular formula is C20H20F3N5O3. The SMILES string of the molecule is Cc1cc(-c2c(C(=O)NN3CCOCC3)c(C)nn2-c2cccc(C(F)(F)F)c2)no1. The summed E-state index contributed by atoms with van der Waals surface area (Å²) in [5, 5.41) is 10.1. The lowest BCUT2D eigenvalue weighted by Gasteiger charge is -2.27. The molecule has 1 aliphatic heterocycles. The highest BCUT2D eigenvalue weighted by Gasteiger charge is 2.32. The summed E-state index contributed by atoms with van der Waals surface area (Å²) in [6.07, 6.45) is -4.51. The summed E-state index contributed by atoms with van der Waals surface area (Å²) in [5.41, 5.74) is 3.24. The first-order chi connectivity index (χ1) is 14.7. The summed E-state index contributed by atoms with van der Waals surface area (Å²) >= 11 is 0. The first kappa shape index (κ1) is 21.1. The monoisotopic (exact) mass is 435 g/mol. The number of morpholine rings is 1. The quantitative estimate of drug-likeness (QED) is 0.678. The van der Waals surface area contributed by atoms with Gasteiger partial charge in [-0.15, -0.1) is 0 Å². The predicted octanol–water partition coefficient (Wildman–Crippen LogP) is 3.14. The Morgan fingerprint density at radius 2 is 1.90 bits per heavy atom. The number of hydrogen-bond donors (Lipinski definition) is 1. The van der Waals surface area contributed by atoms with Crippen molar-refractivity contribution in [3.63, 3.8) is 0 Å². The Balaban J connectivity index is 1.81. The molecule has 11 heteroatoms. The van der Waals surface area contributed by atoms with Gasteiger partial charge in [0.15, 0.2) is 0 Å². The molecule has 1 saturated heterocycles. The van der Waals surface area contributed by atoms with Gasteiger partial charge in [-0.2, -0.15) is 18.3 Å². The molecule has 0 radical (unpaired) electrons. The van der Waals surface area contributed by atoms with Crippen molar-refractivity contribution in [2.24, 2.45) is 0 Å². The molecule has 1 aliphatic rings. The van der Waals surface area contributed by atoms with E-state index >= 15 is 0 Å². The van der Waals surface area contributed by atoms with Crippen LogP contribution in [-0.2, 0) is 10.9 Å². The Morgan fingerprint density at radius 3 is 2.55 bits per heavy atom. The number of alkyl halides is 3. The Hall–Kier alpha value is -3.18. The van der Waals surface area contributed by atoms with Crippen molar-refractivity contribution in [3.05, 3.63) is 52.9 Å². The molecule has 3 heterocycles. The van der Waals surface area contributed by atoms with Gasteiger partial charge in [0.1, 0.15) is 17.1 Å². The zero-order valence-corrected chi connectivity index (χ0v) is 16.9. The molecule has 0 aliphatic carbocycles. The highest BCUT2D eigenvalue weighted by molar-refractivity contribution is 6.01. The van der Waals surface area contributed by atoms with Gasteiger partial charge in [0, 0.05) is 19.2 Å². The number of ether oxygens (including phenoxy) is 1. The number of aromatic nitrogens is 3. The van der Waals surface area contributed by atoms with E-state index < -0.39 is 17.6 Å². The third kappa shape index (κ3) is 4.32. The number of nitrogens with one attached hydrogen (secondary N) is 1. The maximum atomic E-state index is 13.2. The summed E-state index contributed by atoms with van der Waals surface area (Å²) < 4.78 is 51.5. The molecule has 3 aromatic rings. The second-order valence-electron chi connectivity index (χ2n) is 7.13. The lowest BCUT2D eigenvalue weighted by atomic mass is 10.1. The molecule has 1 aromatic carbocycles. The summed E-state index contributed by atoms with van der Waals surface area (Å²) in [5.74, 6) is 0.0530. The second kappa shape index (κ2) is 8.16. The topological polar surface area (TPSA) is 85.4 Å². The number of carbonyl (C=O) groups is 1. The van der Waals surface area contributed by atoms with Crippen molar-refractivity contribution in [2.45, 2.75) is 20.0 Å². The minimum absolute atomic E-state index is 0.152. The zero-order valence-electron chi connectivity index (χ0n) is 16.9. The Morgan fingerprint density at radius 1 is 1.16 bits per heavy atom. The maximum Gasteiger partial charge on any atom is 0.416 e. The van der Waals surface area contributed by atoms with E-state index in [2.05, 4.69) is 15.7 Å². The van der Waals surface area contributed by atoms with Crippen LogP contribution in [0.5, 0.6) is 0 Å². The van der Waals surface area contributed by atoms with Gasteiger partial charge in [-0.1, -0.05) is 11.2 Å². The van der Waals surface area contributed by atoms with Gasteiger partial charge in [0.05, 0.1) is 35.7 Å². The third-order valence-corrected chi connectivity index (χ3v) is 4.85. The van der Waals surface area contributed by atoms with E-state index in [1.807, 2.05) is 0 Å². The minimum Gasteiger partial charge on any atom is -0.379 e. The van der Waals surface area contributed by atoms with Crippen molar-refractivity contribution in [3.8, 4) is 17.1 Å². The van der Waals surface area contributed by atoms with Gasteiger partial charge in [-0.3, -0.25) is 10.2 Å². The van der Waals surface area contributed by atoms with Crippen molar-refractivity contribution >= 4 is 5.91 Å². The van der Waals surface area contributed by atoms with Gasteiger partial charge in [0.25, 0.3) is 5.91 Å². The predicted molar refractivity (Wildman–Crippen MR) is 103 cm³/mol. The maximum absolute atomic E-state index is 13.2. The smallest absolute Gasteiger partial charge is 0.379 e. The van der Waals surface area contributed by atoms with Crippen LogP contribution in [0, 0.1) is 13.8 Å². The fraction of sp³-hybridized carbons (Fsp3) is 0.350. The fourth-order valence-electron chi connectivity index (χ4n) is 3.39. The van der Waals surface area contributed by atoms with Gasteiger partial charge in [-0.05, 0) is 32.0 Å². The lowest BCUT2D eigenvalue weighted by molar-refractivity contribution is -0.137. The van der Waals surface area contributed by atoms with Crippen LogP contribution in [0.25, 0.3) is 17.1 Å². The molecule has 8 nitrogen and oxygen atoms in total. The highest BCUT2D eigenvalue weighted by Crippen LogP contribution is 2.33. The van der Waals surface area contributed by atoms with Crippen molar-refractivity contribution < 1.29 is 27.2 Å². The number of benzene rings is 1. The normalized spacial score (nSPS) is 15.3. The molecule has 0 spiro atoms. The number of amides is 1. The molecule has 31 heavy (non-hydrogen) atoms. The molecule has 0 bridgehead atoms. The lowest BCUT2D eigenvalue weighted by Crippen LogP contribution is -2.48. The van der Waals surface area contributed by atoms with Crippen LogP contribution < -0.4 is 5.43 Å². The largest absolute Gasteiger partial charge is 0.416 e. The van der Waals surface area contributed by atoms with Crippen LogP contribution in [0.3, 0.4) is 0 Å². The van der Waals surface area contributed by atoms with Crippen molar-refractivity contribution in [1.82, 2.24) is 25.4 Å². The van der Waals surface area contributed by atoms with Crippen LogP contribution >= 0.6 is 0 Å². The highest BCUT2D eigenvalue weighted by atomic mass is 19.4. The molecule has 4 rings (SSSR count). The van der Waals surface area contributed by atoms with E-state index in [0.717, 1.165) is 12.1 Å². The Bertz CT molecular complexity index is 1100. The minimum atomic E-state index is -4.51. The number of halogens is 3. The first-order valence-corrected chi connectivity index (χ1v) is 9.58. The number of hydrogen-bond acceptors (Lipinski definition) is 6. The number of nitrogens with zero attached hydrogens (tertiary/aromatic N) is 4. The summed E-state index contributed by atoms with van der Waals surface area (Å²) in [4.78, 5) is 13.1. The fourth-order valence-corrected chi connectivity index (χ4v) is 3.39. The van der Waals surface area contributed by atoms with Crippen LogP contribution in [0.2, 0.25) is 0 Å². The summed E-state index contributed by atoms with van der Waals surface area (Å²) in [6.45, 7) is 5.31. The summed E-state index contributed by atoms with van der Waals surface area (Å²) in [7, 11) is 0. The molecule has 0 saturated carbocycles. The Labute approximate surface area is 175 Å². The van der Waals surface area contributed by atoms with Gasteiger partial charge in [0.2, 0.25) is 0 Å². The molecule has 2 aromatic heterocycles. The molecule has 0 unspecified atom stereocenters. The molecule has 1 amide bonds. The van der Waals surface area contributed by atoms with E-state index in [4.69, 9.17) is 9.26 Å². The zero-order chi connectivity index (χ0) is 22.2. The average Bonchev–Trinajstić information content (AvgIpc) is 3.31. The second-order valence-corrected chi connectivity index (χ2v) is 7.13. The summed E-state index contributed by atoms with van der Waals surface area (Å²) in [6, 6.07) is 6.34. The Kier molecular flexibility index (Phi) is 5.54. The number of carbonyl (C=O) groups excluding carboxylic acids is 1. The van der Waals surface area contributed by atoms with Gasteiger partial charge in [-0.25, -0.2) is 9.69 Å². The van der Waals surface area contributed by atoms with E-state index in [9.17, 15) is 18.0 Å². The van der Waals surface area contributed by atoms with E-state index in [0.29, 0.717) is 43.5 Å². The van der Waals surface area contributed by atoms with E-state index in [-0.39, 0.29) is 16.9 Å². The van der Waals surface area contributed by atoms with Gasteiger partial charge < -0.3 is 9.26 Å². The third-order valence-electron chi connectivity index (χ3n) is 4.85. The van der Waals surface area contributed by atoms with E-state index in [1.54, 1.807) is 24.9 Å². The standard InChI is InChI=1S/C20H20F3N5O3/c1-12-10-16(26-31-12)18-17(19(29)25-27-6-8-30-9-7-27)13(2)24-28(18)15-5-3-4-14(11-15)20(21,22)23/h3-5,10-11H,6-9H2,1-2H3,(H,25,29). The van der Waals surface area contributed by atoms with Crippen molar-refractivity contribution in [2.75, 3.05) is 26.3 Å².